The number of benzene rings is 1. The van der Waals surface area contributed by atoms with Gasteiger partial charge in [-0.2, -0.15) is 0 Å². The Bertz CT molecular complexity index is 900. The number of nitrogen functional groups attached to an aromatic ring is 1. The van der Waals surface area contributed by atoms with Gasteiger partial charge in [-0.1, -0.05) is 30.3 Å². The van der Waals surface area contributed by atoms with Gasteiger partial charge in [0.05, 0.1) is 12.9 Å². The predicted molar refractivity (Wildman–Crippen MR) is 88.2 cm³/mol. The first-order valence-corrected chi connectivity index (χ1v) is 7.78. The predicted octanol–water partition coefficient (Wildman–Crippen LogP) is -0.313. The van der Waals surface area contributed by atoms with E-state index in [4.69, 9.17) is 10.5 Å². The molecule has 1 aliphatic rings. The van der Waals surface area contributed by atoms with Gasteiger partial charge >= 0.3 is 0 Å². The number of rotatable bonds is 3. The van der Waals surface area contributed by atoms with Crippen molar-refractivity contribution in [3.05, 3.63) is 36.7 Å². The van der Waals surface area contributed by atoms with Gasteiger partial charge in [-0.3, -0.25) is 4.57 Å². The Kier molecular flexibility index (Phi) is 3.85. The highest BCUT2D eigenvalue weighted by Gasteiger charge is 2.44. The summed E-state index contributed by atoms with van der Waals surface area (Å²) in [6.45, 7) is -0.409. The Morgan fingerprint density at radius 2 is 1.88 bits per heavy atom. The Hall–Kier alpha value is -2.59. The van der Waals surface area contributed by atoms with E-state index in [0.717, 1.165) is 5.56 Å². The summed E-state index contributed by atoms with van der Waals surface area (Å²) in [5.74, 6) is 0.619. The number of hydrogen-bond donors (Lipinski definition) is 4. The maximum absolute atomic E-state index is 10.2. The molecule has 1 aliphatic heterocycles. The van der Waals surface area contributed by atoms with Crippen molar-refractivity contribution in [1.29, 1.82) is 0 Å². The number of imidazole rings is 1. The molecule has 9 nitrogen and oxygen atoms in total. The molecule has 0 radical (unpaired) electrons. The molecule has 130 valence electrons. The molecule has 3 heterocycles. The molecule has 0 aliphatic carbocycles. The number of nitrogens with two attached hydrogens (primary N) is 1. The first kappa shape index (κ1) is 15.9. The van der Waals surface area contributed by atoms with E-state index in [1.807, 2.05) is 30.3 Å². The van der Waals surface area contributed by atoms with Crippen molar-refractivity contribution in [3.63, 3.8) is 0 Å². The van der Waals surface area contributed by atoms with Crippen LogP contribution in [-0.4, -0.2) is 59.8 Å². The number of fused-ring (bicyclic) bond motifs is 1. The Morgan fingerprint density at radius 1 is 1.12 bits per heavy atom. The van der Waals surface area contributed by atoms with Gasteiger partial charge in [0.2, 0.25) is 0 Å². The van der Waals surface area contributed by atoms with Crippen LogP contribution in [-0.2, 0) is 4.74 Å². The van der Waals surface area contributed by atoms with E-state index in [1.165, 1.54) is 10.9 Å². The molecule has 4 atom stereocenters. The van der Waals surface area contributed by atoms with Gasteiger partial charge in [-0.15, -0.1) is 0 Å². The molecule has 9 heteroatoms. The summed E-state index contributed by atoms with van der Waals surface area (Å²) in [4.78, 5) is 13.0. The average Bonchev–Trinajstić information content (AvgIpc) is 3.18. The zero-order chi connectivity index (χ0) is 17.6. The van der Waals surface area contributed by atoms with Gasteiger partial charge in [0.25, 0.3) is 0 Å². The van der Waals surface area contributed by atoms with E-state index < -0.39 is 31.1 Å². The van der Waals surface area contributed by atoms with E-state index in [0.29, 0.717) is 17.0 Å². The number of nitrogens with zero attached hydrogens (tertiary/aromatic N) is 4. The fourth-order valence-electron chi connectivity index (χ4n) is 2.95. The molecule has 1 aromatic carbocycles. The van der Waals surface area contributed by atoms with Gasteiger partial charge in [0, 0.05) is 5.56 Å². The van der Waals surface area contributed by atoms with E-state index in [2.05, 4.69) is 15.0 Å². The summed E-state index contributed by atoms with van der Waals surface area (Å²) in [5.41, 5.74) is 7.53. The number of aromatic nitrogens is 4. The van der Waals surface area contributed by atoms with Crippen molar-refractivity contribution in [2.75, 3.05) is 12.3 Å². The van der Waals surface area contributed by atoms with Gasteiger partial charge in [-0.05, 0) is 0 Å². The minimum Gasteiger partial charge on any atom is -0.394 e. The van der Waals surface area contributed by atoms with Crippen LogP contribution in [0, 0.1) is 0 Å². The third-order valence-electron chi connectivity index (χ3n) is 4.27. The van der Waals surface area contributed by atoms with E-state index in [-0.39, 0.29) is 5.82 Å². The largest absolute Gasteiger partial charge is 0.394 e. The van der Waals surface area contributed by atoms with Crippen molar-refractivity contribution >= 4 is 17.0 Å². The van der Waals surface area contributed by atoms with Crippen LogP contribution >= 0.6 is 0 Å². The molecule has 0 amide bonds. The lowest BCUT2D eigenvalue weighted by Crippen LogP contribution is -2.33. The Morgan fingerprint density at radius 3 is 2.56 bits per heavy atom. The van der Waals surface area contributed by atoms with Gasteiger partial charge in [-0.25, -0.2) is 15.0 Å². The summed E-state index contributed by atoms with van der Waals surface area (Å²) in [5, 5.41) is 29.4. The molecule has 2 aromatic heterocycles. The van der Waals surface area contributed by atoms with Gasteiger partial charge < -0.3 is 25.8 Å². The second kappa shape index (κ2) is 6.05. The summed E-state index contributed by atoms with van der Waals surface area (Å²) < 4.78 is 7.03. The zero-order valence-electron chi connectivity index (χ0n) is 13.1. The summed E-state index contributed by atoms with van der Waals surface area (Å²) in [6, 6.07) is 9.32. The van der Waals surface area contributed by atoms with Crippen molar-refractivity contribution in [3.8, 4) is 11.4 Å². The van der Waals surface area contributed by atoms with Crippen LogP contribution in [0.5, 0.6) is 0 Å². The van der Waals surface area contributed by atoms with Crippen molar-refractivity contribution in [2.45, 2.75) is 24.5 Å². The molecule has 0 bridgehead atoms. The van der Waals surface area contributed by atoms with Crippen LogP contribution in [0.25, 0.3) is 22.6 Å². The molecule has 1 fully saturated rings. The van der Waals surface area contributed by atoms with Crippen molar-refractivity contribution in [2.24, 2.45) is 0 Å². The molecule has 0 spiro atoms. The second-order valence-electron chi connectivity index (χ2n) is 5.85. The Labute approximate surface area is 142 Å². The van der Waals surface area contributed by atoms with Crippen molar-refractivity contribution in [1.82, 2.24) is 19.5 Å². The number of ether oxygens (including phenoxy) is 1. The monoisotopic (exact) mass is 343 g/mol. The summed E-state index contributed by atoms with van der Waals surface area (Å²) in [7, 11) is 0. The Balaban J connectivity index is 1.82. The summed E-state index contributed by atoms with van der Waals surface area (Å²) in [6.07, 6.45) is -2.84. The minimum absolute atomic E-state index is 0.203. The van der Waals surface area contributed by atoms with Gasteiger partial charge in [0.1, 0.15) is 23.8 Å². The number of hydrogen-bond acceptors (Lipinski definition) is 8. The van der Waals surface area contributed by atoms with Gasteiger partial charge in [0.15, 0.2) is 23.5 Å². The molecule has 0 unspecified atom stereocenters. The average molecular weight is 343 g/mol. The maximum atomic E-state index is 10.2. The third-order valence-corrected chi connectivity index (χ3v) is 4.27. The van der Waals surface area contributed by atoms with E-state index in [1.54, 1.807) is 0 Å². The summed E-state index contributed by atoms with van der Waals surface area (Å²) >= 11 is 0. The number of anilines is 1. The molecule has 25 heavy (non-hydrogen) atoms. The highest BCUT2D eigenvalue weighted by atomic mass is 16.6. The quantitative estimate of drug-likeness (QED) is 0.508. The fraction of sp³-hybridized carbons (Fsp3) is 0.312. The minimum atomic E-state index is -1.23. The smallest absolute Gasteiger partial charge is 0.168 e. The van der Waals surface area contributed by atoms with Crippen LogP contribution in [0.15, 0.2) is 36.7 Å². The lowest BCUT2D eigenvalue weighted by molar-refractivity contribution is -0.0511. The molecule has 4 rings (SSSR count). The third kappa shape index (κ3) is 2.53. The molecular weight excluding hydrogens is 326 g/mol. The lowest BCUT2D eigenvalue weighted by Gasteiger charge is -2.16. The first-order chi connectivity index (χ1) is 12.1. The normalized spacial score (nSPS) is 26.4. The maximum Gasteiger partial charge on any atom is 0.168 e. The SMILES string of the molecule is Nc1nc(-c2ccccc2)nc2c1ncn2[C@@H]1O[C@H](CO)[C@@H](O)[C@H]1O. The van der Waals surface area contributed by atoms with Crippen LogP contribution in [0.2, 0.25) is 0 Å². The van der Waals surface area contributed by atoms with E-state index >= 15 is 0 Å². The molecule has 1 saturated heterocycles. The van der Waals surface area contributed by atoms with E-state index in [9.17, 15) is 15.3 Å². The highest BCUT2D eigenvalue weighted by molar-refractivity contribution is 5.83. The van der Waals surface area contributed by atoms with Crippen LogP contribution in [0.3, 0.4) is 0 Å². The topological polar surface area (TPSA) is 140 Å². The van der Waals surface area contributed by atoms with Crippen molar-refractivity contribution < 1.29 is 20.1 Å². The molecule has 5 N–H and O–H groups in total. The fourth-order valence-corrected chi connectivity index (χ4v) is 2.95. The number of aliphatic hydroxyl groups excluding tert-OH is 3. The highest BCUT2D eigenvalue weighted by Crippen LogP contribution is 2.32. The second-order valence-corrected chi connectivity index (χ2v) is 5.85. The molecule has 3 aromatic rings. The van der Waals surface area contributed by atoms with Crippen LogP contribution in [0.4, 0.5) is 5.82 Å². The van der Waals surface area contributed by atoms with Crippen LogP contribution in [0.1, 0.15) is 6.23 Å². The molecular formula is C16H17N5O4. The standard InChI is InChI=1S/C16H17N5O4/c17-13-10-15(20-14(19-13)8-4-2-1-3-5-8)21(7-18-10)16-12(24)11(23)9(6-22)25-16/h1-5,7,9,11-12,16,22-24H,6H2,(H2,17,19,20)/t9-,11-,12-,16-/m1/s1. The first-order valence-electron chi connectivity index (χ1n) is 7.78. The number of aliphatic hydroxyl groups is 3. The lowest BCUT2D eigenvalue weighted by atomic mass is 10.1. The molecule has 0 saturated carbocycles. The zero-order valence-corrected chi connectivity index (χ0v) is 13.1. The van der Waals surface area contributed by atoms with Crippen LogP contribution < -0.4 is 5.73 Å².